The molecule has 34 heavy (non-hydrogen) atoms. The molecule has 8 nitrogen and oxygen atoms in total. The maximum Gasteiger partial charge on any atom is 0.217 e. The summed E-state index contributed by atoms with van der Waals surface area (Å²) < 4.78 is 5.71. The number of ether oxygens (including phenoxy) is 1. The normalized spacial score (nSPS) is 12.8. The molecule has 0 saturated heterocycles. The van der Waals surface area contributed by atoms with Gasteiger partial charge < -0.3 is 20.5 Å². The van der Waals surface area contributed by atoms with E-state index in [1.807, 2.05) is 39.8 Å². The number of aromatic hydroxyl groups is 1. The van der Waals surface area contributed by atoms with E-state index in [4.69, 9.17) is 15.9 Å². The Labute approximate surface area is 210 Å². The lowest BCUT2D eigenvalue weighted by atomic mass is 9.84. The third-order valence-corrected chi connectivity index (χ3v) is 5.66. The predicted molar refractivity (Wildman–Crippen MR) is 136 cm³/mol. The maximum atomic E-state index is 13.2. The van der Waals surface area contributed by atoms with Crippen LogP contribution in [0.15, 0.2) is 24.3 Å². The lowest BCUT2D eigenvalue weighted by Gasteiger charge is -2.24. The number of benzene rings is 1. The van der Waals surface area contributed by atoms with Gasteiger partial charge in [0, 0.05) is 35.3 Å². The first-order valence-electron chi connectivity index (χ1n) is 11.2. The molecule has 0 saturated carbocycles. The average Bonchev–Trinajstić information content (AvgIpc) is 3.05. The Morgan fingerprint density at radius 2 is 1.97 bits per heavy atom. The molecule has 1 amide bonds. The molecular formula is C25H33BrN4O4. The zero-order valence-electron chi connectivity index (χ0n) is 20.1. The van der Waals surface area contributed by atoms with Gasteiger partial charge in [0.15, 0.2) is 17.3 Å². The number of amidine groups is 1. The number of hydrogen-bond donors (Lipinski definition) is 3. The molecule has 0 atom stereocenters. The molecule has 0 fully saturated rings. The number of carbonyl (C=O) groups is 2. The monoisotopic (exact) mass is 532 g/mol. The van der Waals surface area contributed by atoms with Crippen LogP contribution in [0.5, 0.6) is 11.5 Å². The van der Waals surface area contributed by atoms with Gasteiger partial charge in [-0.1, -0.05) is 33.8 Å². The minimum absolute atomic E-state index is 0. The molecule has 3 rings (SSSR count). The van der Waals surface area contributed by atoms with E-state index in [9.17, 15) is 14.7 Å². The molecule has 0 spiro atoms. The molecule has 1 aliphatic heterocycles. The van der Waals surface area contributed by atoms with E-state index in [1.54, 1.807) is 11.0 Å². The van der Waals surface area contributed by atoms with Gasteiger partial charge in [-0.15, -0.1) is 17.0 Å². The number of pyridine rings is 1. The fourth-order valence-electron chi connectivity index (χ4n) is 3.77. The Morgan fingerprint density at radius 1 is 1.26 bits per heavy atom. The Balaban J connectivity index is 0.00000408. The van der Waals surface area contributed by atoms with E-state index in [0.717, 1.165) is 17.7 Å². The van der Waals surface area contributed by atoms with Gasteiger partial charge >= 0.3 is 0 Å². The number of carbonyl (C=O) groups excluding carboxylic acids is 2. The van der Waals surface area contributed by atoms with Crippen molar-refractivity contribution in [1.29, 1.82) is 5.41 Å². The SMILES string of the molecule is Br.CCc1ccc2c(n1)C(=N)N(CC(=O)c1cc(OCCCC(N)=O)c(O)c(C(C)(C)C)c1)C2. The highest BCUT2D eigenvalue weighted by Crippen LogP contribution is 2.39. The third kappa shape index (κ3) is 6.14. The molecule has 0 radical (unpaired) electrons. The number of fused-ring (bicyclic) bond motifs is 1. The Kier molecular flexibility index (Phi) is 8.83. The first-order chi connectivity index (χ1) is 15.5. The van der Waals surface area contributed by atoms with E-state index >= 15 is 0 Å². The van der Waals surface area contributed by atoms with E-state index in [2.05, 4.69) is 4.98 Å². The summed E-state index contributed by atoms with van der Waals surface area (Å²) in [5, 5.41) is 19.2. The topological polar surface area (TPSA) is 130 Å². The number of halogens is 1. The smallest absolute Gasteiger partial charge is 0.217 e. The van der Waals surface area contributed by atoms with Crippen LogP contribution in [0.25, 0.3) is 0 Å². The highest BCUT2D eigenvalue weighted by Gasteiger charge is 2.29. The molecular weight excluding hydrogens is 500 g/mol. The second-order valence-corrected chi connectivity index (χ2v) is 9.33. The molecule has 184 valence electrons. The number of hydrogen-bond acceptors (Lipinski definition) is 6. The lowest BCUT2D eigenvalue weighted by molar-refractivity contribution is -0.118. The number of amides is 1. The predicted octanol–water partition coefficient (Wildman–Crippen LogP) is 3.89. The van der Waals surface area contributed by atoms with Crippen LogP contribution >= 0.6 is 17.0 Å². The van der Waals surface area contributed by atoms with Crippen molar-refractivity contribution < 1.29 is 19.4 Å². The van der Waals surface area contributed by atoms with Crippen LogP contribution in [0.4, 0.5) is 0 Å². The minimum Gasteiger partial charge on any atom is -0.504 e. The summed E-state index contributed by atoms with van der Waals surface area (Å²) >= 11 is 0. The van der Waals surface area contributed by atoms with Crippen LogP contribution in [-0.2, 0) is 23.2 Å². The summed E-state index contributed by atoms with van der Waals surface area (Å²) in [6, 6.07) is 7.14. The highest BCUT2D eigenvalue weighted by atomic mass is 79.9. The Morgan fingerprint density at radius 3 is 2.59 bits per heavy atom. The Bertz CT molecular complexity index is 1100. The zero-order valence-corrected chi connectivity index (χ0v) is 21.8. The summed E-state index contributed by atoms with van der Waals surface area (Å²) in [6.07, 6.45) is 1.37. The van der Waals surface area contributed by atoms with Gasteiger partial charge in [0.1, 0.15) is 11.5 Å². The maximum absolute atomic E-state index is 13.2. The first-order valence-corrected chi connectivity index (χ1v) is 11.2. The number of Topliss-reactive ketones (excluding diaryl/α,β-unsaturated/α-hetero) is 1. The molecule has 2 heterocycles. The molecule has 1 aromatic heterocycles. The second-order valence-electron chi connectivity index (χ2n) is 9.33. The summed E-state index contributed by atoms with van der Waals surface area (Å²) in [5.41, 5.74) is 8.20. The van der Waals surface area contributed by atoms with E-state index in [-0.39, 0.29) is 59.7 Å². The van der Waals surface area contributed by atoms with Crippen LogP contribution in [-0.4, -0.2) is 45.7 Å². The fraction of sp³-hybridized carbons (Fsp3) is 0.440. The minimum atomic E-state index is -0.428. The van der Waals surface area contributed by atoms with Crippen LogP contribution < -0.4 is 10.5 Å². The highest BCUT2D eigenvalue weighted by molar-refractivity contribution is 8.93. The van der Waals surface area contributed by atoms with Crippen molar-refractivity contribution in [2.75, 3.05) is 13.2 Å². The zero-order chi connectivity index (χ0) is 24.3. The van der Waals surface area contributed by atoms with Crippen molar-refractivity contribution >= 4 is 34.5 Å². The van der Waals surface area contributed by atoms with Crippen molar-refractivity contribution in [3.8, 4) is 11.5 Å². The number of nitrogens with one attached hydrogen (secondary N) is 1. The number of nitrogens with zero attached hydrogens (tertiary/aromatic N) is 2. The number of rotatable bonds is 9. The average molecular weight is 533 g/mol. The van der Waals surface area contributed by atoms with Gasteiger partial charge in [-0.25, -0.2) is 4.98 Å². The van der Waals surface area contributed by atoms with Gasteiger partial charge in [0.05, 0.1) is 13.2 Å². The number of ketones is 1. The molecule has 4 N–H and O–H groups in total. The van der Waals surface area contributed by atoms with Gasteiger partial charge in [-0.05, 0) is 36.5 Å². The lowest BCUT2D eigenvalue weighted by Crippen LogP contribution is -2.30. The van der Waals surface area contributed by atoms with Crippen molar-refractivity contribution in [1.82, 2.24) is 9.88 Å². The fourth-order valence-corrected chi connectivity index (χ4v) is 3.77. The van der Waals surface area contributed by atoms with Crippen molar-refractivity contribution in [2.24, 2.45) is 5.73 Å². The largest absolute Gasteiger partial charge is 0.504 e. The molecule has 1 aliphatic rings. The number of primary amides is 1. The molecule has 9 heteroatoms. The van der Waals surface area contributed by atoms with Gasteiger partial charge in [0.2, 0.25) is 5.91 Å². The molecule has 0 bridgehead atoms. The quantitative estimate of drug-likeness (QED) is 0.331. The van der Waals surface area contributed by atoms with Crippen molar-refractivity contribution in [3.63, 3.8) is 0 Å². The van der Waals surface area contributed by atoms with Crippen LogP contribution in [0.1, 0.15) is 73.4 Å². The number of aromatic nitrogens is 1. The van der Waals surface area contributed by atoms with Crippen molar-refractivity contribution in [3.05, 3.63) is 52.3 Å². The Hall–Kier alpha value is -2.94. The standard InChI is InChI=1S/C25H32N4O4.BrH/c1-5-17-9-8-15-13-29(24(27)22(15)28-17)14-19(30)16-11-18(25(2,3)4)23(32)20(12-16)33-10-6-7-21(26)31;/h8-9,11-12,27,32H,5-7,10,13-14H2,1-4H3,(H2,26,31);1H. The number of phenolic OH excluding ortho intramolecular Hbond substituents is 1. The molecule has 2 aromatic rings. The summed E-state index contributed by atoms with van der Waals surface area (Å²) in [6.45, 7) is 8.50. The molecule has 0 aliphatic carbocycles. The number of nitrogens with two attached hydrogens (primary N) is 1. The van der Waals surface area contributed by atoms with E-state index in [1.165, 1.54) is 6.07 Å². The third-order valence-electron chi connectivity index (χ3n) is 5.66. The first kappa shape index (κ1) is 27.3. The summed E-state index contributed by atoms with van der Waals surface area (Å²) in [7, 11) is 0. The molecule has 0 unspecified atom stereocenters. The van der Waals surface area contributed by atoms with E-state index in [0.29, 0.717) is 29.8 Å². The number of aryl methyl sites for hydroxylation is 1. The summed E-state index contributed by atoms with van der Waals surface area (Å²) in [4.78, 5) is 30.4. The van der Waals surface area contributed by atoms with Gasteiger partial charge in [0.25, 0.3) is 0 Å². The van der Waals surface area contributed by atoms with Gasteiger partial charge in [-0.3, -0.25) is 15.0 Å². The van der Waals surface area contributed by atoms with Crippen LogP contribution in [0, 0.1) is 5.41 Å². The van der Waals surface area contributed by atoms with Crippen molar-refractivity contribution in [2.45, 2.75) is 58.9 Å². The van der Waals surface area contributed by atoms with E-state index < -0.39 is 11.3 Å². The number of phenols is 1. The van der Waals surface area contributed by atoms with Crippen LogP contribution in [0.3, 0.4) is 0 Å². The van der Waals surface area contributed by atoms with Gasteiger partial charge in [-0.2, -0.15) is 0 Å². The van der Waals surface area contributed by atoms with Crippen LogP contribution in [0.2, 0.25) is 0 Å². The second kappa shape index (κ2) is 11.0. The summed E-state index contributed by atoms with van der Waals surface area (Å²) in [5.74, 6) is -0.182. The molecule has 1 aromatic carbocycles.